The Kier molecular flexibility index (Phi) is 5.84. The topological polar surface area (TPSA) is 49.4 Å². The van der Waals surface area contributed by atoms with E-state index in [0.29, 0.717) is 13.0 Å². The molecule has 1 N–H and O–H groups in total. The molecule has 0 bridgehead atoms. The van der Waals surface area contributed by atoms with Gasteiger partial charge in [0, 0.05) is 18.6 Å². The number of halogens is 4. The number of sulfonamides is 1. The van der Waals surface area contributed by atoms with Crippen LogP contribution in [-0.2, 0) is 22.0 Å². The Bertz CT molecular complexity index is 672. The van der Waals surface area contributed by atoms with Crippen LogP contribution in [-0.4, -0.2) is 37.9 Å². The molecule has 2 fully saturated rings. The van der Waals surface area contributed by atoms with E-state index in [2.05, 4.69) is 5.32 Å². The van der Waals surface area contributed by atoms with Gasteiger partial charge in [0.05, 0.1) is 11.3 Å². The average Bonchev–Trinajstić information content (AvgIpc) is 3.11. The van der Waals surface area contributed by atoms with Crippen LogP contribution in [0.4, 0.5) is 13.2 Å². The number of nitrogens with zero attached hydrogens (tertiary/aromatic N) is 1. The largest absolute Gasteiger partial charge is 0.416 e. The average molecular weight is 385 g/mol. The highest BCUT2D eigenvalue weighted by Crippen LogP contribution is 2.36. The smallest absolute Gasteiger partial charge is 0.315 e. The summed E-state index contributed by atoms with van der Waals surface area (Å²) in [5, 5.41) is 3.12. The summed E-state index contributed by atoms with van der Waals surface area (Å²) in [6.07, 6.45) is -2.27. The van der Waals surface area contributed by atoms with Gasteiger partial charge in [0.2, 0.25) is 10.0 Å². The van der Waals surface area contributed by atoms with E-state index in [0.717, 1.165) is 25.5 Å². The molecule has 0 spiro atoms. The number of alkyl halides is 3. The number of hydrogen-bond acceptors (Lipinski definition) is 3. The SMILES string of the molecule is Cl.O=S(=O)(Cc1ccccc1C(F)(F)F)N(C1CC1)C1CCNC1. The van der Waals surface area contributed by atoms with Crippen molar-refractivity contribution in [2.24, 2.45) is 0 Å². The second-order valence-corrected chi connectivity index (χ2v) is 7.99. The molecule has 1 aromatic rings. The molecule has 1 atom stereocenters. The van der Waals surface area contributed by atoms with Crippen LogP contribution in [0.2, 0.25) is 0 Å². The normalized spacial score (nSPS) is 21.8. The summed E-state index contributed by atoms with van der Waals surface area (Å²) in [7, 11) is -3.79. The van der Waals surface area contributed by atoms with Crippen LogP contribution in [0.15, 0.2) is 24.3 Å². The second-order valence-electron chi connectivity index (χ2n) is 6.12. The zero-order chi connectivity index (χ0) is 16.7. The van der Waals surface area contributed by atoms with E-state index in [1.54, 1.807) is 0 Å². The molecule has 2 aliphatic rings. The van der Waals surface area contributed by atoms with Gasteiger partial charge in [-0.2, -0.15) is 17.5 Å². The summed E-state index contributed by atoms with van der Waals surface area (Å²) in [6, 6.07) is 4.70. The van der Waals surface area contributed by atoms with Crippen molar-refractivity contribution in [3.8, 4) is 0 Å². The summed E-state index contributed by atoms with van der Waals surface area (Å²) >= 11 is 0. The molecule has 0 aromatic heterocycles. The molecule has 24 heavy (non-hydrogen) atoms. The molecule has 1 aromatic carbocycles. The molecule has 136 valence electrons. The molecule has 3 rings (SSSR count). The Hall–Kier alpha value is -0.830. The van der Waals surface area contributed by atoms with E-state index in [4.69, 9.17) is 0 Å². The maximum atomic E-state index is 13.1. The van der Waals surface area contributed by atoms with Gasteiger partial charge < -0.3 is 5.32 Å². The zero-order valence-corrected chi connectivity index (χ0v) is 14.6. The third-order valence-electron chi connectivity index (χ3n) is 4.28. The minimum atomic E-state index is -4.55. The zero-order valence-electron chi connectivity index (χ0n) is 12.9. The molecule has 1 unspecified atom stereocenters. The van der Waals surface area contributed by atoms with Crippen molar-refractivity contribution in [2.45, 2.75) is 43.3 Å². The Labute approximate surface area is 145 Å². The Morgan fingerprint density at radius 1 is 1.12 bits per heavy atom. The van der Waals surface area contributed by atoms with Gasteiger partial charge in [-0.25, -0.2) is 8.42 Å². The minimum absolute atomic E-state index is 0. The fourth-order valence-electron chi connectivity index (χ4n) is 3.13. The summed E-state index contributed by atoms with van der Waals surface area (Å²) in [4.78, 5) is 0. The molecular weight excluding hydrogens is 365 g/mol. The lowest BCUT2D eigenvalue weighted by molar-refractivity contribution is -0.138. The van der Waals surface area contributed by atoms with Crippen molar-refractivity contribution >= 4 is 22.4 Å². The first-order valence-corrected chi connectivity index (χ1v) is 9.27. The molecule has 1 saturated carbocycles. The van der Waals surface area contributed by atoms with Crippen molar-refractivity contribution < 1.29 is 21.6 Å². The highest BCUT2D eigenvalue weighted by molar-refractivity contribution is 7.88. The predicted molar refractivity (Wildman–Crippen MR) is 87.5 cm³/mol. The van der Waals surface area contributed by atoms with Gasteiger partial charge in [-0.3, -0.25) is 0 Å². The van der Waals surface area contributed by atoms with Gasteiger partial charge in [-0.15, -0.1) is 12.4 Å². The lowest BCUT2D eigenvalue weighted by Crippen LogP contribution is -2.43. The Morgan fingerprint density at radius 3 is 2.33 bits per heavy atom. The van der Waals surface area contributed by atoms with Crippen LogP contribution in [0, 0.1) is 0 Å². The number of nitrogens with one attached hydrogen (secondary N) is 1. The molecule has 1 saturated heterocycles. The van der Waals surface area contributed by atoms with Crippen molar-refractivity contribution in [3.05, 3.63) is 35.4 Å². The maximum absolute atomic E-state index is 13.1. The molecule has 0 radical (unpaired) electrons. The lowest BCUT2D eigenvalue weighted by atomic mass is 10.1. The van der Waals surface area contributed by atoms with Crippen LogP contribution in [0.3, 0.4) is 0 Å². The monoisotopic (exact) mass is 384 g/mol. The summed E-state index contributed by atoms with van der Waals surface area (Å²) < 4.78 is 66.2. The van der Waals surface area contributed by atoms with Gasteiger partial charge in [0.15, 0.2) is 0 Å². The van der Waals surface area contributed by atoms with Crippen LogP contribution < -0.4 is 5.32 Å². The van der Waals surface area contributed by atoms with E-state index >= 15 is 0 Å². The molecule has 9 heteroatoms. The van der Waals surface area contributed by atoms with Gasteiger partial charge in [-0.1, -0.05) is 18.2 Å². The van der Waals surface area contributed by atoms with E-state index < -0.39 is 27.5 Å². The van der Waals surface area contributed by atoms with Crippen LogP contribution in [0.25, 0.3) is 0 Å². The van der Waals surface area contributed by atoms with Crippen molar-refractivity contribution in [2.75, 3.05) is 13.1 Å². The van der Waals surface area contributed by atoms with Gasteiger partial charge in [0.1, 0.15) is 0 Å². The summed E-state index contributed by atoms with van der Waals surface area (Å²) in [5.41, 5.74) is -1.06. The van der Waals surface area contributed by atoms with E-state index in [9.17, 15) is 21.6 Å². The third kappa shape index (κ3) is 4.22. The molecule has 1 aliphatic heterocycles. The molecular formula is C15H20ClF3N2O2S. The van der Waals surface area contributed by atoms with Crippen molar-refractivity contribution in [1.29, 1.82) is 0 Å². The molecule has 1 aliphatic carbocycles. The van der Waals surface area contributed by atoms with Crippen molar-refractivity contribution in [1.82, 2.24) is 9.62 Å². The van der Waals surface area contributed by atoms with Crippen LogP contribution in [0.5, 0.6) is 0 Å². The van der Waals surface area contributed by atoms with Gasteiger partial charge in [-0.05, 0) is 37.4 Å². The van der Waals surface area contributed by atoms with Gasteiger partial charge >= 0.3 is 6.18 Å². The fourth-order valence-corrected chi connectivity index (χ4v) is 5.22. The van der Waals surface area contributed by atoms with Crippen molar-refractivity contribution in [3.63, 3.8) is 0 Å². The number of hydrogen-bond donors (Lipinski definition) is 1. The highest BCUT2D eigenvalue weighted by atomic mass is 35.5. The molecule has 1 heterocycles. The first-order valence-electron chi connectivity index (χ1n) is 7.66. The quantitative estimate of drug-likeness (QED) is 0.849. The summed E-state index contributed by atoms with van der Waals surface area (Å²) in [6.45, 7) is 1.30. The van der Waals surface area contributed by atoms with Crippen LogP contribution in [0.1, 0.15) is 30.4 Å². The lowest BCUT2D eigenvalue weighted by Gasteiger charge is -2.28. The first kappa shape index (κ1) is 19.5. The standard InChI is InChI=1S/C15H19F3N2O2S.ClH/c16-15(17,18)14-4-2-1-3-11(14)10-23(21,22)20(12-5-6-12)13-7-8-19-9-13;/h1-4,12-13,19H,5-10H2;1H. The maximum Gasteiger partial charge on any atom is 0.416 e. The second kappa shape index (κ2) is 7.19. The third-order valence-corrected chi connectivity index (χ3v) is 6.20. The highest BCUT2D eigenvalue weighted by Gasteiger charge is 2.43. The predicted octanol–water partition coefficient (Wildman–Crippen LogP) is 2.78. The minimum Gasteiger partial charge on any atom is -0.315 e. The van der Waals surface area contributed by atoms with Crippen LogP contribution >= 0.6 is 12.4 Å². The van der Waals surface area contributed by atoms with E-state index in [1.807, 2.05) is 0 Å². The number of benzene rings is 1. The van der Waals surface area contributed by atoms with E-state index in [1.165, 1.54) is 22.5 Å². The number of rotatable bonds is 5. The molecule has 0 amide bonds. The molecule has 4 nitrogen and oxygen atoms in total. The van der Waals surface area contributed by atoms with E-state index in [-0.39, 0.29) is 30.1 Å². The Morgan fingerprint density at radius 2 is 1.79 bits per heavy atom. The summed E-state index contributed by atoms with van der Waals surface area (Å²) in [5.74, 6) is -0.602. The Balaban J connectivity index is 0.00000208. The van der Waals surface area contributed by atoms with Gasteiger partial charge in [0.25, 0.3) is 0 Å². The first-order chi connectivity index (χ1) is 10.8. The fraction of sp³-hybridized carbons (Fsp3) is 0.600.